The summed E-state index contributed by atoms with van der Waals surface area (Å²) < 4.78 is 0. The first-order chi connectivity index (χ1) is 8.47. The summed E-state index contributed by atoms with van der Waals surface area (Å²) in [6.45, 7) is 6.61. The smallest absolute Gasteiger partial charge is 0.0766 e. The third kappa shape index (κ3) is 4.63. The highest BCUT2D eigenvalue weighted by Crippen LogP contribution is 2.20. The Morgan fingerprint density at radius 1 is 1.28 bits per heavy atom. The number of benzene rings is 1. The molecule has 1 aromatic rings. The zero-order chi connectivity index (χ0) is 13.6. The Labute approximate surface area is 115 Å². The third-order valence-electron chi connectivity index (χ3n) is 3.49. The van der Waals surface area contributed by atoms with Gasteiger partial charge < -0.3 is 10.4 Å². The van der Waals surface area contributed by atoms with Crippen molar-refractivity contribution in [2.24, 2.45) is 5.92 Å². The second kappa shape index (κ2) is 7.17. The largest absolute Gasteiger partial charge is 0.389 e. The quantitative estimate of drug-likeness (QED) is 0.796. The normalized spacial score (nSPS) is 16.6. The summed E-state index contributed by atoms with van der Waals surface area (Å²) in [4.78, 5) is 0. The van der Waals surface area contributed by atoms with Crippen LogP contribution in [-0.2, 0) is 0 Å². The van der Waals surface area contributed by atoms with E-state index in [1.54, 1.807) is 0 Å². The molecule has 0 aliphatic rings. The van der Waals surface area contributed by atoms with Crippen molar-refractivity contribution in [1.82, 2.24) is 5.32 Å². The zero-order valence-corrected chi connectivity index (χ0v) is 12.6. The minimum absolute atomic E-state index is 0.246. The molecular weight excluding hydrogens is 242 g/mol. The van der Waals surface area contributed by atoms with E-state index in [9.17, 15) is 5.11 Å². The fourth-order valence-electron chi connectivity index (χ4n) is 1.66. The van der Waals surface area contributed by atoms with Gasteiger partial charge in [0.05, 0.1) is 5.60 Å². The molecule has 0 fully saturated rings. The standard InChI is InChI=1S/C15H25NOS/c1-12(2)15(3,17)11-16-14(10-18-4)13-8-6-5-7-9-13/h5-9,12,14,16-17H,10-11H2,1-4H3. The van der Waals surface area contributed by atoms with Gasteiger partial charge in [-0.2, -0.15) is 11.8 Å². The SMILES string of the molecule is CSCC(NCC(C)(O)C(C)C)c1ccccc1. The van der Waals surface area contributed by atoms with Crippen LogP contribution in [0.3, 0.4) is 0 Å². The topological polar surface area (TPSA) is 32.3 Å². The van der Waals surface area contributed by atoms with E-state index in [1.807, 2.05) is 38.6 Å². The lowest BCUT2D eigenvalue weighted by molar-refractivity contribution is 0.0123. The second-order valence-corrected chi connectivity index (χ2v) is 6.22. The van der Waals surface area contributed by atoms with E-state index in [0.717, 1.165) is 5.75 Å². The van der Waals surface area contributed by atoms with E-state index >= 15 is 0 Å². The highest BCUT2D eigenvalue weighted by Gasteiger charge is 2.25. The Morgan fingerprint density at radius 2 is 1.89 bits per heavy atom. The summed E-state index contributed by atoms with van der Waals surface area (Å²) in [6.07, 6.45) is 2.11. The highest BCUT2D eigenvalue weighted by molar-refractivity contribution is 7.98. The van der Waals surface area contributed by atoms with Gasteiger partial charge in [0, 0.05) is 18.3 Å². The van der Waals surface area contributed by atoms with Gasteiger partial charge in [0.1, 0.15) is 0 Å². The summed E-state index contributed by atoms with van der Waals surface area (Å²) in [5.41, 5.74) is 0.622. The van der Waals surface area contributed by atoms with E-state index in [2.05, 4.69) is 35.8 Å². The molecule has 2 N–H and O–H groups in total. The van der Waals surface area contributed by atoms with Crippen LogP contribution in [0.1, 0.15) is 32.4 Å². The lowest BCUT2D eigenvalue weighted by Gasteiger charge is -2.30. The van der Waals surface area contributed by atoms with E-state index < -0.39 is 5.60 Å². The van der Waals surface area contributed by atoms with E-state index in [-0.39, 0.29) is 5.92 Å². The molecule has 2 atom stereocenters. The van der Waals surface area contributed by atoms with Gasteiger partial charge in [0.25, 0.3) is 0 Å². The molecule has 0 saturated carbocycles. The van der Waals surface area contributed by atoms with Crippen LogP contribution in [0.25, 0.3) is 0 Å². The molecule has 0 spiro atoms. The van der Waals surface area contributed by atoms with E-state index in [1.165, 1.54) is 5.56 Å². The van der Waals surface area contributed by atoms with Gasteiger partial charge >= 0.3 is 0 Å². The first-order valence-electron chi connectivity index (χ1n) is 6.47. The fourth-order valence-corrected chi connectivity index (χ4v) is 2.30. The minimum Gasteiger partial charge on any atom is -0.389 e. The van der Waals surface area contributed by atoms with Crippen LogP contribution in [0.15, 0.2) is 30.3 Å². The molecule has 0 heterocycles. The first kappa shape index (κ1) is 15.5. The molecule has 1 rings (SSSR count). The van der Waals surface area contributed by atoms with Gasteiger partial charge in [-0.25, -0.2) is 0 Å². The zero-order valence-electron chi connectivity index (χ0n) is 11.8. The predicted molar refractivity (Wildman–Crippen MR) is 81.0 cm³/mol. The van der Waals surface area contributed by atoms with Crippen molar-refractivity contribution in [1.29, 1.82) is 0 Å². The van der Waals surface area contributed by atoms with Crippen LogP contribution in [0, 0.1) is 5.92 Å². The molecule has 0 aromatic heterocycles. The van der Waals surface area contributed by atoms with Crippen molar-refractivity contribution in [2.45, 2.75) is 32.4 Å². The summed E-state index contributed by atoms with van der Waals surface area (Å²) in [7, 11) is 0. The Balaban J connectivity index is 2.65. The number of thioether (sulfide) groups is 1. The molecule has 18 heavy (non-hydrogen) atoms. The number of rotatable bonds is 7. The molecule has 0 saturated heterocycles. The van der Waals surface area contributed by atoms with Gasteiger partial charge in [-0.3, -0.25) is 0 Å². The monoisotopic (exact) mass is 267 g/mol. The molecule has 0 bridgehead atoms. The van der Waals surface area contributed by atoms with E-state index in [4.69, 9.17) is 0 Å². The molecule has 3 heteroatoms. The van der Waals surface area contributed by atoms with Crippen molar-refractivity contribution >= 4 is 11.8 Å². The average molecular weight is 267 g/mol. The molecule has 0 amide bonds. The Kier molecular flexibility index (Phi) is 6.19. The third-order valence-corrected chi connectivity index (χ3v) is 4.15. The molecular formula is C15H25NOS. The highest BCUT2D eigenvalue weighted by atomic mass is 32.2. The van der Waals surface area contributed by atoms with Gasteiger partial charge in [0.15, 0.2) is 0 Å². The number of nitrogens with one attached hydrogen (secondary N) is 1. The van der Waals surface area contributed by atoms with Crippen molar-refractivity contribution in [3.8, 4) is 0 Å². The average Bonchev–Trinajstić information content (AvgIpc) is 2.35. The Hall–Kier alpha value is -0.510. The van der Waals surface area contributed by atoms with Gasteiger partial charge in [-0.1, -0.05) is 44.2 Å². The number of hydrogen-bond acceptors (Lipinski definition) is 3. The Morgan fingerprint density at radius 3 is 2.39 bits per heavy atom. The molecule has 0 aliphatic carbocycles. The van der Waals surface area contributed by atoms with Crippen molar-refractivity contribution in [3.05, 3.63) is 35.9 Å². The first-order valence-corrected chi connectivity index (χ1v) is 7.86. The van der Waals surface area contributed by atoms with Crippen LogP contribution in [0.5, 0.6) is 0 Å². The molecule has 0 aliphatic heterocycles. The fraction of sp³-hybridized carbons (Fsp3) is 0.600. The maximum absolute atomic E-state index is 10.3. The molecule has 102 valence electrons. The lowest BCUT2D eigenvalue weighted by Crippen LogP contribution is -2.43. The van der Waals surface area contributed by atoms with Crippen LogP contribution in [0.4, 0.5) is 0 Å². The minimum atomic E-state index is -0.661. The van der Waals surface area contributed by atoms with Crippen LogP contribution < -0.4 is 5.32 Å². The van der Waals surface area contributed by atoms with Crippen molar-refractivity contribution in [2.75, 3.05) is 18.6 Å². The van der Waals surface area contributed by atoms with E-state index in [0.29, 0.717) is 12.6 Å². The Bertz CT molecular complexity index is 338. The number of hydrogen-bond donors (Lipinski definition) is 2. The van der Waals surface area contributed by atoms with Crippen molar-refractivity contribution in [3.63, 3.8) is 0 Å². The maximum Gasteiger partial charge on any atom is 0.0766 e. The van der Waals surface area contributed by atoms with Crippen LogP contribution >= 0.6 is 11.8 Å². The van der Waals surface area contributed by atoms with Gasteiger partial charge in [0.2, 0.25) is 0 Å². The van der Waals surface area contributed by atoms with Crippen molar-refractivity contribution < 1.29 is 5.11 Å². The maximum atomic E-state index is 10.3. The van der Waals surface area contributed by atoms with Gasteiger partial charge in [-0.15, -0.1) is 0 Å². The van der Waals surface area contributed by atoms with Crippen LogP contribution in [-0.4, -0.2) is 29.3 Å². The molecule has 0 radical (unpaired) electrons. The molecule has 2 unspecified atom stereocenters. The second-order valence-electron chi connectivity index (χ2n) is 5.31. The van der Waals surface area contributed by atoms with Gasteiger partial charge in [-0.05, 0) is 24.7 Å². The molecule has 1 aromatic carbocycles. The summed E-state index contributed by atoms with van der Waals surface area (Å²) >= 11 is 1.82. The predicted octanol–water partition coefficient (Wildman–Crippen LogP) is 3.09. The summed E-state index contributed by atoms with van der Waals surface area (Å²) in [6, 6.07) is 10.7. The lowest BCUT2D eigenvalue weighted by atomic mass is 9.92. The summed E-state index contributed by atoms with van der Waals surface area (Å²) in [5.74, 6) is 1.26. The summed E-state index contributed by atoms with van der Waals surface area (Å²) in [5, 5.41) is 13.8. The number of aliphatic hydroxyl groups is 1. The van der Waals surface area contributed by atoms with Crippen LogP contribution in [0.2, 0.25) is 0 Å². The molecule has 2 nitrogen and oxygen atoms in total.